The number of nitrogens with one attached hydrogen (secondary N) is 1. The summed E-state index contributed by atoms with van der Waals surface area (Å²) >= 11 is 1.90. The molecule has 0 bridgehead atoms. The van der Waals surface area contributed by atoms with Crippen molar-refractivity contribution in [3.8, 4) is 0 Å². The number of ether oxygens (including phenoxy) is 1. The smallest absolute Gasteiger partial charge is 0.0876 e. The maximum absolute atomic E-state index is 5.48. The van der Waals surface area contributed by atoms with Crippen LogP contribution in [0.15, 0.2) is 11.8 Å². The van der Waals surface area contributed by atoms with E-state index in [4.69, 9.17) is 10.6 Å². The summed E-state index contributed by atoms with van der Waals surface area (Å²) in [6, 6.07) is 0.283. The number of hydrogen-bond donors (Lipinski definition) is 2. The van der Waals surface area contributed by atoms with Crippen LogP contribution < -0.4 is 11.3 Å². The van der Waals surface area contributed by atoms with Gasteiger partial charge in [0.1, 0.15) is 0 Å². The minimum atomic E-state index is 0.283. The maximum Gasteiger partial charge on any atom is 0.0876 e. The third-order valence-electron chi connectivity index (χ3n) is 2.10. The molecular weight excluding hydrogens is 184 g/mol. The number of rotatable bonds is 5. The summed E-state index contributed by atoms with van der Waals surface area (Å²) in [7, 11) is 0. The second-order valence-corrected chi connectivity index (χ2v) is 4.36. The highest BCUT2D eigenvalue weighted by Crippen LogP contribution is 2.18. The van der Waals surface area contributed by atoms with Gasteiger partial charge in [0.05, 0.1) is 18.9 Å². The Balaban J connectivity index is 2.39. The fraction of sp³-hybridized carbons (Fsp3) is 0.778. The van der Waals surface area contributed by atoms with Gasteiger partial charge in [-0.05, 0) is 24.2 Å². The first-order valence-corrected chi connectivity index (χ1v) is 5.88. The SMILES string of the molecule is CCSCC(NN)C1=COCCC1. The van der Waals surface area contributed by atoms with Crippen LogP contribution in [0.25, 0.3) is 0 Å². The molecule has 0 aromatic heterocycles. The van der Waals surface area contributed by atoms with Gasteiger partial charge < -0.3 is 4.74 Å². The van der Waals surface area contributed by atoms with Crippen LogP contribution in [0.2, 0.25) is 0 Å². The largest absolute Gasteiger partial charge is 0.501 e. The molecule has 1 aliphatic rings. The van der Waals surface area contributed by atoms with E-state index < -0.39 is 0 Å². The molecule has 13 heavy (non-hydrogen) atoms. The number of thioether (sulfide) groups is 1. The van der Waals surface area contributed by atoms with E-state index in [-0.39, 0.29) is 6.04 Å². The summed E-state index contributed by atoms with van der Waals surface area (Å²) in [5.74, 6) is 7.65. The topological polar surface area (TPSA) is 47.3 Å². The van der Waals surface area contributed by atoms with Crippen molar-refractivity contribution < 1.29 is 4.74 Å². The second kappa shape index (κ2) is 6.29. The number of nitrogens with two attached hydrogens (primary N) is 1. The van der Waals surface area contributed by atoms with Crippen LogP contribution in [0.1, 0.15) is 19.8 Å². The van der Waals surface area contributed by atoms with Crippen LogP contribution in [0.4, 0.5) is 0 Å². The average Bonchev–Trinajstić information content (AvgIpc) is 2.21. The molecule has 1 atom stereocenters. The lowest BCUT2D eigenvalue weighted by Gasteiger charge is -2.21. The Morgan fingerprint density at radius 1 is 1.77 bits per heavy atom. The Morgan fingerprint density at radius 2 is 2.62 bits per heavy atom. The Labute approximate surface area is 84.1 Å². The fourth-order valence-corrected chi connectivity index (χ4v) is 2.12. The molecule has 0 aromatic carbocycles. The normalized spacial score (nSPS) is 19.1. The van der Waals surface area contributed by atoms with Crippen LogP contribution in [0.3, 0.4) is 0 Å². The molecule has 1 aliphatic heterocycles. The van der Waals surface area contributed by atoms with Crippen LogP contribution in [0, 0.1) is 0 Å². The van der Waals surface area contributed by atoms with Gasteiger partial charge in [-0.25, -0.2) is 0 Å². The first kappa shape index (κ1) is 10.9. The Morgan fingerprint density at radius 3 is 3.15 bits per heavy atom. The Bertz CT molecular complexity index is 173. The lowest BCUT2D eigenvalue weighted by atomic mass is 10.0. The van der Waals surface area contributed by atoms with E-state index in [9.17, 15) is 0 Å². The van der Waals surface area contributed by atoms with Crippen molar-refractivity contribution in [1.29, 1.82) is 0 Å². The molecule has 3 nitrogen and oxygen atoms in total. The molecule has 0 amide bonds. The first-order valence-electron chi connectivity index (χ1n) is 4.73. The average molecular weight is 202 g/mol. The molecule has 4 heteroatoms. The van der Waals surface area contributed by atoms with Crippen molar-refractivity contribution >= 4 is 11.8 Å². The van der Waals surface area contributed by atoms with E-state index >= 15 is 0 Å². The highest BCUT2D eigenvalue weighted by atomic mass is 32.2. The van der Waals surface area contributed by atoms with Gasteiger partial charge in [-0.2, -0.15) is 11.8 Å². The van der Waals surface area contributed by atoms with Crippen molar-refractivity contribution in [2.75, 3.05) is 18.1 Å². The highest BCUT2D eigenvalue weighted by Gasteiger charge is 2.15. The van der Waals surface area contributed by atoms with E-state index in [0.29, 0.717) is 0 Å². The van der Waals surface area contributed by atoms with Crippen molar-refractivity contribution in [3.63, 3.8) is 0 Å². The van der Waals surface area contributed by atoms with E-state index in [1.165, 1.54) is 5.57 Å². The van der Waals surface area contributed by atoms with Crippen LogP contribution in [-0.2, 0) is 4.74 Å². The zero-order valence-corrected chi connectivity index (χ0v) is 8.90. The maximum atomic E-state index is 5.48. The summed E-state index contributed by atoms with van der Waals surface area (Å²) < 4.78 is 5.28. The number of hydrogen-bond acceptors (Lipinski definition) is 4. The third-order valence-corrected chi connectivity index (χ3v) is 3.08. The molecule has 3 N–H and O–H groups in total. The molecule has 0 saturated carbocycles. The molecular formula is C9H18N2OS. The summed E-state index contributed by atoms with van der Waals surface area (Å²) in [5.41, 5.74) is 4.14. The standard InChI is InChI=1S/C9H18N2OS/c1-2-13-7-9(11-10)8-4-3-5-12-6-8/h6,9,11H,2-5,7,10H2,1H3. The highest BCUT2D eigenvalue weighted by molar-refractivity contribution is 7.99. The van der Waals surface area contributed by atoms with E-state index in [1.54, 1.807) is 0 Å². The summed E-state index contributed by atoms with van der Waals surface area (Å²) in [4.78, 5) is 0. The van der Waals surface area contributed by atoms with E-state index in [1.807, 2.05) is 18.0 Å². The summed E-state index contributed by atoms with van der Waals surface area (Å²) in [6.07, 6.45) is 4.09. The molecule has 1 rings (SSSR count). The van der Waals surface area contributed by atoms with Gasteiger partial charge in [-0.3, -0.25) is 11.3 Å². The minimum Gasteiger partial charge on any atom is -0.501 e. The van der Waals surface area contributed by atoms with Crippen molar-refractivity contribution in [3.05, 3.63) is 11.8 Å². The zero-order valence-electron chi connectivity index (χ0n) is 8.08. The molecule has 0 spiro atoms. The van der Waals surface area contributed by atoms with Gasteiger partial charge >= 0.3 is 0 Å². The van der Waals surface area contributed by atoms with Crippen molar-refractivity contribution in [2.24, 2.45) is 5.84 Å². The van der Waals surface area contributed by atoms with Crippen LogP contribution in [-0.4, -0.2) is 24.2 Å². The van der Waals surface area contributed by atoms with Crippen molar-refractivity contribution in [2.45, 2.75) is 25.8 Å². The predicted molar refractivity (Wildman–Crippen MR) is 57.4 cm³/mol. The third kappa shape index (κ3) is 3.58. The summed E-state index contributed by atoms with van der Waals surface area (Å²) in [6.45, 7) is 3.01. The lowest BCUT2D eigenvalue weighted by Crippen LogP contribution is -2.39. The predicted octanol–water partition coefficient (Wildman–Crippen LogP) is 1.27. The van der Waals surface area contributed by atoms with Gasteiger partial charge in [0, 0.05) is 5.75 Å². The zero-order chi connectivity index (χ0) is 9.52. The van der Waals surface area contributed by atoms with Gasteiger partial charge in [0.25, 0.3) is 0 Å². The molecule has 1 heterocycles. The fourth-order valence-electron chi connectivity index (χ4n) is 1.34. The molecule has 76 valence electrons. The van der Waals surface area contributed by atoms with Gasteiger partial charge in [-0.15, -0.1) is 0 Å². The number of hydrazine groups is 1. The molecule has 0 aliphatic carbocycles. The van der Waals surface area contributed by atoms with Crippen LogP contribution >= 0.6 is 11.8 Å². The van der Waals surface area contributed by atoms with Gasteiger partial charge in [-0.1, -0.05) is 6.92 Å². The Hall–Kier alpha value is -0.190. The molecule has 0 saturated heterocycles. The molecule has 0 radical (unpaired) electrons. The second-order valence-electron chi connectivity index (χ2n) is 3.05. The quantitative estimate of drug-likeness (QED) is 0.520. The lowest BCUT2D eigenvalue weighted by molar-refractivity contribution is 0.220. The summed E-state index contributed by atoms with van der Waals surface area (Å²) in [5, 5.41) is 0. The monoisotopic (exact) mass is 202 g/mol. The van der Waals surface area contributed by atoms with E-state index in [0.717, 1.165) is 31.0 Å². The first-order chi connectivity index (χ1) is 6.38. The molecule has 0 aromatic rings. The van der Waals surface area contributed by atoms with Crippen molar-refractivity contribution in [1.82, 2.24) is 5.43 Å². The van der Waals surface area contributed by atoms with E-state index in [2.05, 4.69) is 12.3 Å². The Kier molecular flexibility index (Phi) is 5.27. The van der Waals surface area contributed by atoms with Crippen LogP contribution in [0.5, 0.6) is 0 Å². The van der Waals surface area contributed by atoms with Gasteiger partial charge in [0.2, 0.25) is 0 Å². The molecule has 0 fully saturated rings. The molecule has 1 unspecified atom stereocenters. The minimum absolute atomic E-state index is 0.283. The van der Waals surface area contributed by atoms with Gasteiger partial charge in [0.15, 0.2) is 0 Å².